The Labute approximate surface area is 143 Å². The number of nitro groups is 1. The first-order valence-electron chi connectivity index (χ1n) is 6.85. The van der Waals surface area contributed by atoms with Gasteiger partial charge in [-0.1, -0.05) is 0 Å². The van der Waals surface area contributed by atoms with Crippen molar-refractivity contribution in [2.45, 2.75) is 0 Å². The quantitative estimate of drug-likeness (QED) is 0.274. The Morgan fingerprint density at radius 2 is 1.85 bits per heavy atom. The average Bonchev–Trinajstić information content (AvgIpc) is 2.60. The highest BCUT2D eigenvalue weighted by Crippen LogP contribution is 2.23. The van der Waals surface area contributed by atoms with Crippen LogP contribution in [0.2, 0.25) is 0 Å². The molecule has 0 saturated carbocycles. The van der Waals surface area contributed by atoms with Crippen molar-refractivity contribution in [3.8, 4) is 0 Å². The second-order valence-electron chi connectivity index (χ2n) is 4.88. The van der Waals surface area contributed by atoms with Gasteiger partial charge in [-0.15, -0.1) is 0 Å². The molecule has 26 heavy (non-hydrogen) atoms. The molecule has 0 fully saturated rings. The summed E-state index contributed by atoms with van der Waals surface area (Å²) in [6.45, 7) is -0.893. The summed E-state index contributed by atoms with van der Waals surface area (Å²) in [5.41, 5.74) is 3.81. The molecule has 0 unspecified atom stereocenters. The molecule has 0 aliphatic heterocycles. The van der Waals surface area contributed by atoms with Crippen molar-refractivity contribution < 1.29 is 32.4 Å². The Hall–Kier alpha value is -3.63. The van der Waals surface area contributed by atoms with Crippen LogP contribution in [0.15, 0.2) is 30.3 Å². The number of carbonyl (C=O) groups excluding carboxylic acids is 2. The Morgan fingerprint density at radius 1 is 1.15 bits per heavy atom. The van der Waals surface area contributed by atoms with Gasteiger partial charge in [0.25, 0.3) is 11.6 Å². The Bertz CT molecular complexity index is 904. The van der Waals surface area contributed by atoms with Crippen LogP contribution in [0.3, 0.4) is 0 Å². The molecular formula is C15H10F3N3O5. The van der Waals surface area contributed by atoms with Gasteiger partial charge in [-0.25, -0.2) is 18.0 Å². The number of hydrogen-bond donors (Lipinski definition) is 2. The van der Waals surface area contributed by atoms with E-state index >= 15 is 0 Å². The number of carbonyl (C=O) groups is 2. The van der Waals surface area contributed by atoms with Crippen molar-refractivity contribution in [1.29, 1.82) is 0 Å². The van der Waals surface area contributed by atoms with Gasteiger partial charge >= 0.3 is 5.97 Å². The van der Waals surface area contributed by atoms with Gasteiger partial charge in [0.1, 0.15) is 5.69 Å². The number of nitrogens with zero attached hydrogens (tertiary/aromatic N) is 1. The molecule has 2 rings (SSSR count). The van der Waals surface area contributed by atoms with Crippen molar-refractivity contribution >= 4 is 28.9 Å². The van der Waals surface area contributed by atoms with Gasteiger partial charge in [0.05, 0.1) is 16.2 Å². The summed E-state index contributed by atoms with van der Waals surface area (Å²) >= 11 is 0. The zero-order valence-corrected chi connectivity index (χ0v) is 12.8. The molecule has 0 aliphatic rings. The smallest absolute Gasteiger partial charge is 0.338 e. The van der Waals surface area contributed by atoms with Gasteiger partial charge in [0.2, 0.25) is 0 Å². The van der Waals surface area contributed by atoms with E-state index in [2.05, 4.69) is 4.74 Å². The van der Waals surface area contributed by atoms with E-state index < -0.39 is 52.2 Å². The summed E-state index contributed by atoms with van der Waals surface area (Å²) in [5, 5.41) is 12.7. The number of amides is 1. The van der Waals surface area contributed by atoms with Gasteiger partial charge in [-0.2, -0.15) is 0 Å². The molecule has 0 radical (unpaired) electrons. The predicted molar refractivity (Wildman–Crippen MR) is 82.7 cm³/mol. The van der Waals surface area contributed by atoms with Crippen LogP contribution in [0.1, 0.15) is 10.4 Å². The second kappa shape index (κ2) is 7.51. The fourth-order valence-corrected chi connectivity index (χ4v) is 1.85. The predicted octanol–water partition coefficient (Wildman–Crippen LogP) is 2.39. The minimum atomic E-state index is -1.77. The molecule has 0 aromatic heterocycles. The molecule has 136 valence electrons. The van der Waals surface area contributed by atoms with Crippen LogP contribution in [0, 0.1) is 27.6 Å². The Balaban J connectivity index is 2.01. The largest absolute Gasteiger partial charge is 0.452 e. The fourth-order valence-electron chi connectivity index (χ4n) is 1.85. The van der Waals surface area contributed by atoms with E-state index in [0.717, 1.165) is 24.3 Å². The van der Waals surface area contributed by atoms with E-state index in [9.17, 15) is 32.9 Å². The van der Waals surface area contributed by atoms with E-state index in [1.54, 1.807) is 0 Å². The van der Waals surface area contributed by atoms with Crippen molar-refractivity contribution in [2.24, 2.45) is 0 Å². The number of nitro benzene ring substituents is 1. The Kier molecular flexibility index (Phi) is 5.40. The summed E-state index contributed by atoms with van der Waals surface area (Å²) in [6.07, 6.45) is 0. The standard InChI is InChI=1S/C15H10F3N3O5/c16-8-2-4-10(14(18)13(8)17)20-12(22)6-26-15(23)7-1-3-9(19)11(5-7)21(24)25/h1-5H,6,19H2,(H,20,22). The van der Waals surface area contributed by atoms with Crippen molar-refractivity contribution in [3.05, 3.63) is 63.5 Å². The summed E-state index contributed by atoms with van der Waals surface area (Å²) < 4.78 is 43.9. The lowest BCUT2D eigenvalue weighted by Crippen LogP contribution is -2.22. The minimum absolute atomic E-state index is 0.168. The highest BCUT2D eigenvalue weighted by atomic mass is 19.2. The van der Waals surface area contributed by atoms with E-state index in [1.165, 1.54) is 0 Å². The van der Waals surface area contributed by atoms with Gasteiger partial charge in [0, 0.05) is 6.07 Å². The summed E-state index contributed by atoms with van der Waals surface area (Å²) in [7, 11) is 0. The number of rotatable bonds is 5. The van der Waals surface area contributed by atoms with Crippen LogP contribution in [0.4, 0.5) is 30.2 Å². The lowest BCUT2D eigenvalue weighted by Gasteiger charge is -2.08. The number of nitrogen functional groups attached to an aromatic ring is 1. The molecule has 8 nitrogen and oxygen atoms in total. The number of nitrogens with one attached hydrogen (secondary N) is 1. The van der Waals surface area contributed by atoms with Crippen LogP contribution in [-0.4, -0.2) is 23.4 Å². The normalized spacial score (nSPS) is 10.3. The van der Waals surface area contributed by atoms with E-state index in [0.29, 0.717) is 6.07 Å². The third-order valence-corrected chi connectivity index (χ3v) is 3.11. The van der Waals surface area contributed by atoms with Gasteiger partial charge in [0.15, 0.2) is 24.1 Å². The van der Waals surface area contributed by atoms with Crippen molar-refractivity contribution in [2.75, 3.05) is 17.7 Å². The van der Waals surface area contributed by atoms with Crippen LogP contribution in [0.5, 0.6) is 0 Å². The number of ether oxygens (including phenoxy) is 1. The zero-order valence-electron chi connectivity index (χ0n) is 12.8. The van der Waals surface area contributed by atoms with Crippen LogP contribution < -0.4 is 11.1 Å². The first kappa shape index (κ1) is 18.7. The lowest BCUT2D eigenvalue weighted by atomic mass is 10.2. The molecule has 2 aromatic rings. The molecular weight excluding hydrogens is 359 g/mol. The fraction of sp³-hybridized carbons (Fsp3) is 0.0667. The highest BCUT2D eigenvalue weighted by Gasteiger charge is 2.19. The summed E-state index contributed by atoms with van der Waals surface area (Å²) in [4.78, 5) is 33.4. The molecule has 0 aliphatic carbocycles. The van der Waals surface area contributed by atoms with Gasteiger partial charge in [-0.05, 0) is 24.3 Å². The number of esters is 1. The summed E-state index contributed by atoms with van der Waals surface area (Å²) in [6, 6.07) is 4.53. The highest BCUT2D eigenvalue weighted by molar-refractivity contribution is 5.96. The number of halogens is 3. The van der Waals surface area contributed by atoms with Crippen LogP contribution in [-0.2, 0) is 9.53 Å². The molecule has 11 heteroatoms. The zero-order chi connectivity index (χ0) is 19.4. The summed E-state index contributed by atoms with van der Waals surface area (Å²) in [5.74, 6) is -6.92. The topological polar surface area (TPSA) is 125 Å². The molecule has 3 N–H and O–H groups in total. The number of nitrogens with two attached hydrogens (primary N) is 1. The first-order chi connectivity index (χ1) is 12.2. The van der Waals surface area contributed by atoms with Crippen LogP contribution in [0.25, 0.3) is 0 Å². The lowest BCUT2D eigenvalue weighted by molar-refractivity contribution is -0.383. The molecule has 0 spiro atoms. The molecule has 2 aromatic carbocycles. The SMILES string of the molecule is Nc1ccc(C(=O)OCC(=O)Nc2ccc(F)c(F)c2F)cc1[N+](=O)[O-]. The number of anilines is 2. The van der Waals surface area contributed by atoms with Gasteiger partial charge in [-0.3, -0.25) is 14.9 Å². The maximum Gasteiger partial charge on any atom is 0.338 e. The maximum atomic E-state index is 13.4. The van der Waals surface area contributed by atoms with Crippen molar-refractivity contribution in [3.63, 3.8) is 0 Å². The maximum absolute atomic E-state index is 13.4. The minimum Gasteiger partial charge on any atom is -0.452 e. The molecule has 0 atom stereocenters. The number of benzene rings is 2. The van der Waals surface area contributed by atoms with Gasteiger partial charge < -0.3 is 15.8 Å². The molecule has 0 bridgehead atoms. The molecule has 1 amide bonds. The monoisotopic (exact) mass is 369 g/mol. The van der Waals surface area contributed by atoms with E-state index in [4.69, 9.17) is 5.73 Å². The van der Waals surface area contributed by atoms with Crippen molar-refractivity contribution in [1.82, 2.24) is 0 Å². The van der Waals surface area contributed by atoms with Crippen LogP contribution >= 0.6 is 0 Å². The average molecular weight is 369 g/mol. The first-order valence-corrected chi connectivity index (χ1v) is 6.85. The second-order valence-corrected chi connectivity index (χ2v) is 4.88. The number of hydrogen-bond acceptors (Lipinski definition) is 6. The third kappa shape index (κ3) is 4.06. The Morgan fingerprint density at radius 3 is 2.50 bits per heavy atom. The van der Waals surface area contributed by atoms with E-state index in [-0.39, 0.29) is 11.3 Å². The molecule has 0 heterocycles. The molecule has 0 saturated heterocycles. The van der Waals surface area contributed by atoms with E-state index in [1.807, 2.05) is 5.32 Å². The third-order valence-electron chi connectivity index (χ3n) is 3.11.